The maximum atomic E-state index is 12.8. The Morgan fingerprint density at radius 1 is 0.719 bits per heavy atom. The Balaban J connectivity index is 3.53. The van der Waals surface area contributed by atoms with Crippen molar-refractivity contribution in [3.8, 4) is 0 Å². The van der Waals surface area contributed by atoms with Gasteiger partial charge in [0, 0.05) is 16.7 Å². The van der Waals surface area contributed by atoms with E-state index in [1.165, 1.54) is 0 Å². The van der Waals surface area contributed by atoms with Crippen LogP contribution in [-0.2, 0) is 4.79 Å². The number of nitrogens with one attached hydrogen (secondary N) is 3. The fraction of sp³-hybridized carbons (Fsp3) is 0.471. The molecule has 0 heterocycles. The van der Waals surface area contributed by atoms with E-state index in [1.54, 1.807) is 67.8 Å². The number of carbonyl (C=O) groups excluding carboxylic acids is 3. The summed E-state index contributed by atoms with van der Waals surface area (Å²) < 4.78 is 0.639. The number of hydrogen-bond acceptors (Lipinski definition) is 9. The topological polar surface area (TPSA) is 209 Å². The van der Waals surface area contributed by atoms with Crippen LogP contribution in [-0.4, -0.2) is 99.6 Å². The van der Waals surface area contributed by atoms with Gasteiger partial charge in [0.05, 0.1) is 56.0 Å². The lowest BCUT2D eigenvalue weighted by atomic mass is 10.1. The zero-order chi connectivity index (χ0) is 24.6. The summed E-state index contributed by atoms with van der Waals surface area (Å²) in [6.45, 7) is -2.56. The molecule has 0 aliphatic rings. The lowest BCUT2D eigenvalue weighted by molar-refractivity contribution is -0.125. The van der Waals surface area contributed by atoms with Crippen molar-refractivity contribution in [2.75, 3.05) is 38.2 Å². The van der Waals surface area contributed by atoms with Gasteiger partial charge in [-0.3, -0.25) is 14.4 Å². The predicted octanol–water partition coefficient (Wildman–Crippen LogP) is -2.04. The van der Waals surface area contributed by atoms with Crippen molar-refractivity contribution in [2.24, 2.45) is 0 Å². The third-order valence-electron chi connectivity index (χ3n) is 3.91. The first-order valence-corrected chi connectivity index (χ1v) is 12.2. The standard InChI is InChI=1S/C17H22I3N3O9/c18-11-9(16(31)21-1-6(27)3-24)12(19)14(23-15(30)8(29)5-26)13(20)10(11)17(32)22-2-7(28)4-25/h6-8,24-29H,1-5H2,(H,21,31)(H,22,32)(H,23,30). The van der Waals surface area contributed by atoms with Gasteiger partial charge in [0.1, 0.15) is 0 Å². The number of halogens is 3. The van der Waals surface area contributed by atoms with E-state index in [4.69, 9.17) is 15.3 Å². The third-order valence-corrected chi connectivity index (χ3v) is 7.15. The largest absolute Gasteiger partial charge is 0.394 e. The van der Waals surface area contributed by atoms with Gasteiger partial charge in [0.25, 0.3) is 17.7 Å². The molecule has 32 heavy (non-hydrogen) atoms. The normalized spacial score (nSPS) is 13.8. The van der Waals surface area contributed by atoms with Crippen LogP contribution in [0.25, 0.3) is 0 Å². The molecule has 1 rings (SSSR count). The number of amides is 3. The van der Waals surface area contributed by atoms with E-state index in [0.29, 0.717) is 0 Å². The van der Waals surface area contributed by atoms with E-state index in [1.807, 2.05) is 0 Å². The van der Waals surface area contributed by atoms with Crippen molar-refractivity contribution in [3.05, 3.63) is 21.8 Å². The highest BCUT2D eigenvalue weighted by Gasteiger charge is 2.29. The molecule has 0 aliphatic heterocycles. The van der Waals surface area contributed by atoms with Crippen LogP contribution in [0.3, 0.4) is 0 Å². The Labute approximate surface area is 223 Å². The molecule has 0 spiro atoms. The summed E-state index contributed by atoms with van der Waals surface area (Å²) >= 11 is 5.32. The number of rotatable bonds is 11. The molecule has 3 unspecified atom stereocenters. The molecule has 12 nitrogen and oxygen atoms in total. The van der Waals surface area contributed by atoms with Crippen LogP contribution in [0.4, 0.5) is 5.69 Å². The van der Waals surface area contributed by atoms with Crippen molar-refractivity contribution in [1.29, 1.82) is 0 Å². The van der Waals surface area contributed by atoms with Crippen LogP contribution in [0.15, 0.2) is 0 Å². The number of anilines is 1. The van der Waals surface area contributed by atoms with Crippen molar-refractivity contribution in [3.63, 3.8) is 0 Å². The molecular formula is C17H22I3N3O9. The Bertz CT molecular complexity index is 803. The first kappa shape index (κ1) is 29.6. The van der Waals surface area contributed by atoms with Gasteiger partial charge in [0.2, 0.25) is 0 Å². The summed E-state index contributed by atoms with van der Waals surface area (Å²) in [5, 5.41) is 62.7. The number of benzene rings is 1. The van der Waals surface area contributed by atoms with Crippen LogP contribution < -0.4 is 16.0 Å². The molecule has 1 aromatic carbocycles. The molecule has 3 atom stereocenters. The van der Waals surface area contributed by atoms with Crippen LogP contribution in [0, 0.1) is 10.7 Å². The molecule has 0 bridgehead atoms. The van der Waals surface area contributed by atoms with Crippen molar-refractivity contribution in [1.82, 2.24) is 10.6 Å². The van der Waals surface area contributed by atoms with Gasteiger partial charge >= 0.3 is 0 Å². The highest BCUT2D eigenvalue weighted by molar-refractivity contribution is 14.1. The van der Waals surface area contributed by atoms with E-state index in [0.717, 1.165) is 0 Å². The average Bonchev–Trinajstić information content (AvgIpc) is 2.77. The summed E-state index contributed by atoms with van der Waals surface area (Å²) in [6.07, 6.45) is -4.16. The fourth-order valence-corrected chi connectivity index (χ4v) is 6.60. The number of carbonyl (C=O) groups is 3. The van der Waals surface area contributed by atoms with Crippen LogP contribution >= 0.6 is 67.8 Å². The first-order chi connectivity index (χ1) is 15.0. The summed E-state index contributed by atoms with van der Waals surface area (Å²) in [5.41, 5.74) is 0.00151. The first-order valence-electron chi connectivity index (χ1n) is 8.94. The second-order valence-corrected chi connectivity index (χ2v) is 9.58. The van der Waals surface area contributed by atoms with Gasteiger partial charge in [-0.25, -0.2) is 0 Å². The lowest BCUT2D eigenvalue weighted by Gasteiger charge is -2.21. The Morgan fingerprint density at radius 2 is 1.12 bits per heavy atom. The molecule has 180 valence electrons. The van der Waals surface area contributed by atoms with Crippen LogP contribution in [0.1, 0.15) is 20.7 Å². The van der Waals surface area contributed by atoms with E-state index in [2.05, 4.69) is 16.0 Å². The van der Waals surface area contributed by atoms with Crippen LogP contribution in [0.2, 0.25) is 0 Å². The highest BCUT2D eigenvalue weighted by atomic mass is 127. The summed E-state index contributed by atoms with van der Waals surface area (Å²) in [7, 11) is 0. The van der Waals surface area contributed by atoms with Crippen LogP contribution in [0.5, 0.6) is 0 Å². The lowest BCUT2D eigenvalue weighted by Crippen LogP contribution is -2.37. The molecule has 9 N–H and O–H groups in total. The van der Waals surface area contributed by atoms with Gasteiger partial charge in [-0.2, -0.15) is 0 Å². The SMILES string of the molecule is O=C(NCC(O)CO)c1c(I)c(NC(=O)C(O)CO)c(I)c(C(=O)NCC(O)CO)c1I. The van der Waals surface area contributed by atoms with Gasteiger partial charge in [-0.1, -0.05) is 0 Å². The minimum absolute atomic E-state index is 0.0154. The predicted molar refractivity (Wildman–Crippen MR) is 137 cm³/mol. The number of hydrogen-bond donors (Lipinski definition) is 9. The molecule has 0 radical (unpaired) electrons. The average molecular weight is 793 g/mol. The van der Waals surface area contributed by atoms with Gasteiger partial charge < -0.3 is 46.6 Å². The summed E-state index contributed by atoms with van der Waals surface area (Å²) in [5.74, 6) is -2.37. The minimum Gasteiger partial charge on any atom is -0.394 e. The molecule has 0 aromatic heterocycles. The van der Waals surface area contributed by atoms with Gasteiger partial charge in [-0.15, -0.1) is 0 Å². The molecule has 0 fully saturated rings. The molecule has 0 aliphatic carbocycles. The Morgan fingerprint density at radius 3 is 1.47 bits per heavy atom. The van der Waals surface area contributed by atoms with Gasteiger partial charge in [0.15, 0.2) is 6.10 Å². The maximum absolute atomic E-state index is 12.8. The van der Waals surface area contributed by atoms with Crippen molar-refractivity contribution >= 4 is 91.2 Å². The second-order valence-electron chi connectivity index (χ2n) is 6.35. The number of aliphatic hydroxyl groups is 6. The monoisotopic (exact) mass is 793 g/mol. The summed E-state index contributed by atoms with van der Waals surface area (Å²) in [6, 6.07) is 0. The number of aliphatic hydroxyl groups excluding tert-OH is 6. The molecule has 0 saturated heterocycles. The minimum atomic E-state index is -1.74. The molecule has 0 saturated carbocycles. The van der Waals surface area contributed by atoms with E-state index in [9.17, 15) is 29.7 Å². The van der Waals surface area contributed by atoms with Crippen molar-refractivity contribution < 1.29 is 45.0 Å². The summed E-state index contributed by atoms with van der Waals surface area (Å²) in [4.78, 5) is 37.8. The maximum Gasteiger partial charge on any atom is 0.255 e. The third kappa shape index (κ3) is 7.82. The zero-order valence-electron chi connectivity index (χ0n) is 16.3. The highest BCUT2D eigenvalue weighted by Crippen LogP contribution is 2.36. The molecular weight excluding hydrogens is 771 g/mol. The van der Waals surface area contributed by atoms with Crippen molar-refractivity contribution in [2.45, 2.75) is 18.3 Å². The molecule has 3 amide bonds. The quantitative estimate of drug-likeness (QED) is 0.113. The fourth-order valence-electron chi connectivity index (χ4n) is 2.19. The van der Waals surface area contributed by atoms with E-state index < -0.39 is 55.9 Å². The van der Waals surface area contributed by atoms with Gasteiger partial charge in [-0.05, 0) is 67.8 Å². The Hall–Kier alpha value is -0.420. The molecule has 15 heteroatoms. The smallest absolute Gasteiger partial charge is 0.255 e. The molecule has 1 aromatic rings. The second kappa shape index (κ2) is 14.1. The Kier molecular flexibility index (Phi) is 13.0. The van der Waals surface area contributed by atoms with E-state index >= 15 is 0 Å². The zero-order valence-corrected chi connectivity index (χ0v) is 22.8. The van der Waals surface area contributed by atoms with E-state index in [-0.39, 0.29) is 40.6 Å².